The number of nitrogens with zero attached hydrogens (tertiary/aromatic N) is 2. The van der Waals surface area contributed by atoms with Crippen LogP contribution in [0.15, 0.2) is 16.6 Å². The number of hydrogen-bond donors (Lipinski definition) is 0. The molecule has 0 radical (unpaired) electrons. The number of rotatable bonds is 4. The first-order chi connectivity index (χ1) is 6.40. The van der Waals surface area contributed by atoms with Crippen molar-refractivity contribution in [3.05, 3.63) is 11.6 Å². The van der Waals surface area contributed by atoms with Crippen molar-refractivity contribution in [3.8, 4) is 0 Å². The normalized spacial score (nSPS) is 25.2. The summed E-state index contributed by atoms with van der Waals surface area (Å²) in [7, 11) is 0. The summed E-state index contributed by atoms with van der Waals surface area (Å²) in [5, 5.41) is 3.32. The molecule has 0 saturated carbocycles. The van der Waals surface area contributed by atoms with Crippen LogP contribution in [0.2, 0.25) is 0 Å². The molecule has 1 unspecified atom stereocenters. The number of aliphatic imine (C=N–C) groups is 1. The number of amidine groups is 1. The van der Waals surface area contributed by atoms with Gasteiger partial charge in [-0.3, -0.25) is 4.99 Å². The average molecular weight is 196 g/mol. The van der Waals surface area contributed by atoms with E-state index in [1.165, 1.54) is 30.9 Å². The summed E-state index contributed by atoms with van der Waals surface area (Å²) < 4.78 is 0. The van der Waals surface area contributed by atoms with Crippen LogP contribution >= 0.6 is 11.8 Å². The van der Waals surface area contributed by atoms with Crippen LogP contribution in [0.25, 0.3) is 0 Å². The highest BCUT2D eigenvalue weighted by molar-refractivity contribution is 8.16. The maximum absolute atomic E-state index is 4.66. The third kappa shape index (κ3) is 2.08. The van der Waals surface area contributed by atoms with Crippen molar-refractivity contribution in [2.45, 2.75) is 38.6 Å². The first-order valence-corrected chi connectivity index (χ1v) is 5.96. The van der Waals surface area contributed by atoms with E-state index in [1.807, 2.05) is 0 Å². The van der Waals surface area contributed by atoms with E-state index < -0.39 is 0 Å². The van der Waals surface area contributed by atoms with Gasteiger partial charge in [-0.1, -0.05) is 37.9 Å². The van der Waals surface area contributed by atoms with E-state index in [9.17, 15) is 0 Å². The highest BCUT2D eigenvalue weighted by Gasteiger charge is 2.25. The molecule has 0 bridgehead atoms. The summed E-state index contributed by atoms with van der Waals surface area (Å²) in [4.78, 5) is 6.93. The minimum Gasteiger partial charge on any atom is -0.325 e. The van der Waals surface area contributed by atoms with Crippen LogP contribution < -0.4 is 0 Å². The number of hydrogen-bond acceptors (Lipinski definition) is 3. The van der Waals surface area contributed by atoms with E-state index in [0.717, 1.165) is 6.54 Å². The molecule has 2 aliphatic rings. The van der Waals surface area contributed by atoms with Gasteiger partial charge >= 0.3 is 0 Å². The molecule has 0 N–H and O–H groups in total. The standard InChI is InChI=1S/C10H16N2S/c1-2-3-4-5-9-8-12-6-7-13-10(12)11-9/h6-7,9H,2-5,8H2,1H3. The zero-order valence-corrected chi connectivity index (χ0v) is 8.89. The molecule has 0 spiro atoms. The zero-order chi connectivity index (χ0) is 9.10. The Morgan fingerprint density at radius 2 is 2.54 bits per heavy atom. The molecule has 72 valence electrons. The van der Waals surface area contributed by atoms with Crippen LogP contribution in [0.4, 0.5) is 0 Å². The molecule has 0 aliphatic carbocycles. The zero-order valence-electron chi connectivity index (χ0n) is 8.07. The predicted molar refractivity (Wildman–Crippen MR) is 58.8 cm³/mol. The van der Waals surface area contributed by atoms with Crippen molar-refractivity contribution in [1.82, 2.24) is 4.90 Å². The Kier molecular flexibility index (Phi) is 2.94. The second-order valence-corrected chi connectivity index (χ2v) is 4.49. The highest BCUT2D eigenvalue weighted by Crippen LogP contribution is 2.27. The summed E-state index contributed by atoms with van der Waals surface area (Å²) in [6.45, 7) is 3.36. The van der Waals surface area contributed by atoms with Crippen LogP contribution in [0, 0.1) is 0 Å². The Morgan fingerprint density at radius 1 is 1.62 bits per heavy atom. The van der Waals surface area contributed by atoms with E-state index in [-0.39, 0.29) is 0 Å². The maximum Gasteiger partial charge on any atom is 0.168 e. The number of unbranched alkanes of at least 4 members (excludes halogenated alkanes) is 2. The highest BCUT2D eigenvalue weighted by atomic mass is 32.2. The molecule has 0 aromatic rings. The monoisotopic (exact) mass is 196 g/mol. The van der Waals surface area contributed by atoms with Gasteiger partial charge in [0.05, 0.1) is 6.04 Å². The maximum atomic E-state index is 4.66. The number of thioether (sulfide) groups is 1. The fraction of sp³-hybridized carbons (Fsp3) is 0.700. The third-order valence-electron chi connectivity index (χ3n) is 2.50. The second-order valence-electron chi connectivity index (χ2n) is 3.62. The molecule has 0 amide bonds. The Labute approximate surface area is 84.1 Å². The van der Waals surface area contributed by atoms with E-state index in [1.54, 1.807) is 11.8 Å². The van der Waals surface area contributed by atoms with Gasteiger partial charge in [0.1, 0.15) is 0 Å². The average Bonchev–Trinajstić information content (AvgIpc) is 2.64. The van der Waals surface area contributed by atoms with Crippen molar-refractivity contribution in [1.29, 1.82) is 0 Å². The molecule has 13 heavy (non-hydrogen) atoms. The van der Waals surface area contributed by atoms with Gasteiger partial charge in [-0.05, 0) is 11.8 Å². The van der Waals surface area contributed by atoms with Crippen molar-refractivity contribution < 1.29 is 0 Å². The van der Waals surface area contributed by atoms with Gasteiger partial charge in [0.2, 0.25) is 0 Å². The topological polar surface area (TPSA) is 15.6 Å². The lowest BCUT2D eigenvalue weighted by Crippen LogP contribution is -2.19. The lowest BCUT2D eigenvalue weighted by Gasteiger charge is -2.09. The van der Waals surface area contributed by atoms with Crippen molar-refractivity contribution in [2.75, 3.05) is 6.54 Å². The Balaban J connectivity index is 1.76. The fourth-order valence-corrected chi connectivity index (χ4v) is 2.56. The summed E-state index contributed by atoms with van der Waals surface area (Å²) >= 11 is 1.75. The molecule has 2 rings (SSSR count). The lowest BCUT2D eigenvalue weighted by molar-refractivity contribution is 0.500. The van der Waals surface area contributed by atoms with Crippen molar-refractivity contribution >= 4 is 16.9 Å². The summed E-state index contributed by atoms with van der Waals surface area (Å²) in [5.74, 6) is 0. The molecule has 0 saturated heterocycles. The molecule has 0 fully saturated rings. The smallest absolute Gasteiger partial charge is 0.168 e. The largest absolute Gasteiger partial charge is 0.325 e. The van der Waals surface area contributed by atoms with Crippen LogP contribution in [0.3, 0.4) is 0 Å². The first-order valence-electron chi connectivity index (χ1n) is 5.08. The van der Waals surface area contributed by atoms with Gasteiger partial charge in [-0.15, -0.1) is 0 Å². The van der Waals surface area contributed by atoms with Crippen molar-refractivity contribution in [3.63, 3.8) is 0 Å². The SMILES string of the molecule is CCCCCC1CN2C=CSC2=N1. The molecular weight excluding hydrogens is 180 g/mol. The predicted octanol–water partition coefficient (Wildman–Crippen LogP) is 2.82. The molecule has 2 aliphatic heterocycles. The molecular formula is C10H16N2S. The van der Waals surface area contributed by atoms with Crippen LogP contribution in [0.1, 0.15) is 32.6 Å². The minimum atomic E-state index is 0.569. The molecule has 2 heterocycles. The van der Waals surface area contributed by atoms with Crippen LogP contribution in [0.5, 0.6) is 0 Å². The minimum absolute atomic E-state index is 0.569. The van der Waals surface area contributed by atoms with Gasteiger partial charge < -0.3 is 4.90 Å². The number of fused-ring (bicyclic) bond motifs is 1. The lowest BCUT2D eigenvalue weighted by atomic mass is 10.1. The first kappa shape index (κ1) is 9.13. The van der Waals surface area contributed by atoms with Gasteiger partial charge in [-0.2, -0.15) is 0 Å². The Morgan fingerprint density at radius 3 is 3.31 bits per heavy atom. The molecule has 1 atom stereocenters. The summed E-state index contributed by atoms with van der Waals surface area (Å²) in [6, 6.07) is 0.569. The Bertz CT molecular complexity index is 235. The molecule has 3 heteroatoms. The van der Waals surface area contributed by atoms with Crippen LogP contribution in [-0.4, -0.2) is 22.7 Å². The van der Waals surface area contributed by atoms with Gasteiger partial charge in [-0.25, -0.2) is 0 Å². The molecule has 0 aromatic carbocycles. The van der Waals surface area contributed by atoms with Crippen molar-refractivity contribution in [2.24, 2.45) is 4.99 Å². The molecule has 2 nitrogen and oxygen atoms in total. The van der Waals surface area contributed by atoms with E-state index in [4.69, 9.17) is 0 Å². The second kappa shape index (κ2) is 4.18. The Hall–Kier alpha value is -0.440. The van der Waals surface area contributed by atoms with Gasteiger partial charge in [0, 0.05) is 12.7 Å². The van der Waals surface area contributed by atoms with Crippen LogP contribution in [-0.2, 0) is 0 Å². The van der Waals surface area contributed by atoms with E-state index in [2.05, 4.69) is 28.4 Å². The molecule has 0 aromatic heterocycles. The van der Waals surface area contributed by atoms with E-state index >= 15 is 0 Å². The third-order valence-corrected chi connectivity index (χ3v) is 3.31. The van der Waals surface area contributed by atoms with E-state index in [0.29, 0.717) is 6.04 Å². The summed E-state index contributed by atoms with van der Waals surface area (Å²) in [5.41, 5.74) is 0. The quantitative estimate of drug-likeness (QED) is 0.642. The van der Waals surface area contributed by atoms with Gasteiger partial charge in [0.25, 0.3) is 0 Å². The van der Waals surface area contributed by atoms with Gasteiger partial charge in [0.15, 0.2) is 5.17 Å². The summed E-state index contributed by atoms with van der Waals surface area (Å²) in [6.07, 6.45) is 7.40. The fourth-order valence-electron chi connectivity index (χ4n) is 1.75.